The predicted molar refractivity (Wildman–Crippen MR) is 97.5 cm³/mol. The van der Waals surface area contributed by atoms with Gasteiger partial charge >= 0.3 is 0 Å². The van der Waals surface area contributed by atoms with Gasteiger partial charge in [-0.25, -0.2) is 9.97 Å². The van der Waals surface area contributed by atoms with E-state index in [0.717, 1.165) is 61.4 Å². The largest absolute Gasteiger partial charge is 0.392 e. The Bertz CT molecular complexity index is 710. The molecule has 0 unspecified atom stereocenters. The van der Waals surface area contributed by atoms with Crippen LogP contribution in [0.1, 0.15) is 31.2 Å². The Kier molecular flexibility index (Phi) is 5.10. The molecule has 4 rings (SSSR count). The number of benzene rings is 1. The Morgan fingerprint density at radius 1 is 1.12 bits per heavy atom. The van der Waals surface area contributed by atoms with Gasteiger partial charge in [0.25, 0.3) is 0 Å². The summed E-state index contributed by atoms with van der Waals surface area (Å²) in [4.78, 5) is 11.4. The van der Waals surface area contributed by atoms with Gasteiger partial charge in [-0.05, 0) is 43.4 Å². The summed E-state index contributed by atoms with van der Waals surface area (Å²) < 4.78 is 5.46. The fourth-order valence-corrected chi connectivity index (χ4v) is 4.04. The van der Waals surface area contributed by atoms with Crippen LogP contribution in [0.15, 0.2) is 24.5 Å². The van der Waals surface area contributed by atoms with Gasteiger partial charge in [-0.3, -0.25) is 4.90 Å². The minimum atomic E-state index is 0.0366. The minimum absolute atomic E-state index is 0.0366. The van der Waals surface area contributed by atoms with E-state index in [9.17, 15) is 5.11 Å². The van der Waals surface area contributed by atoms with Gasteiger partial charge in [-0.1, -0.05) is 6.07 Å². The summed E-state index contributed by atoms with van der Waals surface area (Å²) in [5.41, 5.74) is 1.80. The zero-order chi connectivity index (χ0) is 17.1. The molecule has 0 bridgehead atoms. The van der Waals surface area contributed by atoms with E-state index in [1.807, 2.05) is 18.2 Å². The monoisotopic (exact) mass is 342 g/mol. The van der Waals surface area contributed by atoms with Crippen LogP contribution in [0.2, 0.25) is 0 Å². The third-order valence-electron chi connectivity index (χ3n) is 5.48. The van der Waals surface area contributed by atoms with Gasteiger partial charge in [-0.2, -0.15) is 0 Å². The molecule has 2 fully saturated rings. The van der Waals surface area contributed by atoms with Crippen LogP contribution in [0, 0.1) is 0 Å². The number of morpholine rings is 1. The van der Waals surface area contributed by atoms with Gasteiger partial charge in [0.1, 0.15) is 12.1 Å². The minimum Gasteiger partial charge on any atom is -0.392 e. The van der Waals surface area contributed by atoms with Crippen molar-refractivity contribution < 1.29 is 9.84 Å². The number of rotatable bonds is 4. The maximum Gasteiger partial charge on any atom is 0.137 e. The molecule has 6 nitrogen and oxygen atoms in total. The normalized spacial score (nSPS) is 25.2. The molecule has 1 aliphatic heterocycles. The lowest BCUT2D eigenvalue weighted by Gasteiger charge is -2.39. The Balaban J connectivity index is 1.42. The second-order valence-corrected chi connectivity index (χ2v) is 7.03. The van der Waals surface area contributed by atoms with E-state index in [1.165, 1.54) is 12.8 Å². The number of fused-ring (bicyclic) bond motifs is 1. The first-order valence-electron chi connectivity index (χ1n) is 9.26. The van der Waals surface area contributed by atoms with Gasteiger partial charge in [0.2, 0.25) is 0 Å². The molecule has 0 spiro atoms. The van der Waals surface area contributed by atoms with Crippen LogP contribution in [0.5, 0.6) is 0 Å². The van der Waals surface area contributed by atoms with Crippen molar-refractivity contribution >= 4 is 16.7 Å². The van der Waals surface area contributed by atoms with Crippen molar-refractivity contribution in [3.8, 4) is 0 Å². The highest BCUT2D eigenvalue weighted by molar-refractivity contribution is 5.89. The average Bonchev–Trinajstić information content (AvgIpc) is 2.69. The van der Waals surface area contributed by atoms with Crippen LogP contribution in [-0.4, -0.2) is 58.4 Å². The smallest absolute Gasteiger partial charge is 0.137 e. The average molecular weight is 342 g/mol. The number of nitrogens with zero attached hydrogens (tertiary/aromatic N) is 3. The van der Waals surface area contributed by atoms with Crippen molar-refractivity contribution in [1.29, 1.82) is 0 Å². The molecule has 1 saturated carbocycles. The van der Waals surface area contributed by atoms with Gasteiger partial charge in [0.05, 0.1) is 25.3 Å². The van der Waals surface area contributed by atoms with Crippen LogP contribution in [0.25, 0.3) is 10.9 Å². The summed E-state index contributed by atoms with van der Waals surface area (Å²) in [5, 5.41) is 14.0. The summed E-state index contributed by atoms with van der Waals surface area (Å²) >= 11 is 0. The standard InChI is InChI=1S/C19H26N4O2/c24-12-14-1-6-18-17(11-14)19(21-13-20-18)22-15-2-4-16(5-3-15)23-7-9-25-10-8-23/h1,6,11,13,15-16,24H,2-5,7-10,12H2,(H,20,21,22). The van der Waals surface area contributed by atoms with E-state index < -0.39 is 0 Å². The number of ether oxygens (including phenoxy) is 1. The summed E-state index contributed by atoms with van der Waals surface area (Å²) in [6.07, 6.45) is 6.38. The lowest BCUT2D eigenvalue weighted by atomic mass is 9.90. The number of aliphatic hydroxyl groups excluding tert-OH is 1. The van der Waals surface area contributed by atoms with Crippen LogP contribution >= 0.6 is 0 Å². The van der Waals surface area contributed by atoms with E-state index in [-0.39, 0.29) is 6.61 Å². The van der Waals surface area contributed by atoms with Gasteiger partial charge in [-0.15, -0.1) is 0 Å². The Labute approximate surface area is 148 Å². The molecule has 0 radical (unpaired) electrons. The van der Waals surface area contributed by atoms with E-state index in [0.29, 0.717) is 12.1 Å². The Hall–Kier alpha value is -1.76. The Morgan fingerprint density at radius 3 is 2.68 bits per heavy atom. The third-order valence-corrected chi connectivity index (χ3v) is 5.48. The Morgan fingerprint density at radius 2 is 1.92 bits per heavy atom. The molecule has 134 valence electrons. The third kappa shape index (κ3) is 3.76. The van der Waals surface area contributed by atoms with Crippen LogP contribution in [-0.2, 0) is 11.3 Å². The first-order valence-corrected chi connectivity index (χ1v) is 9.26. The first-order chi connectivity index (χ1) is 12.3. The summed E-state index contributed by atoms with van der Waals surface area (Å²) in [6, 6.07) is 6.99. The van der Waals surface area contributed by atoms with Crippen LogP contribution in [0.3, 0.4) is 0 Å². The number of hydrogen-bond donors (Lipinski definition) is 2. The predicted octanol–water partition coefficient (Wildman–Crippen LogP) is 2.18. The molecule has 2 aromatic rings. The SMILES string of the molecule is OCc1ccc2ncnc(NC3CCC(N4CCOCC4)CC3)c2c1. The highest BCUT2D eigenvalue weighted by Crippen LogP contribution is 2.28. The summed E-state index contributed by atoms with van der Waals surface area (Å²) in [5.74, 6) is 0.884. The molecule has 2 N–H and O–H groups in total. The molecule has 6 heteroatoms. The second kappa shape index (κ2) is 7.64. The van der Waals surface area contributed by atoms with Crippen molar-refractivity contribution in [1.82, 2.24) is 14.9 Å². The van der Waals surface area contributed by atoms with Crippen LogP contribution in [0.4, 0.5) is 5.82 Å². The zero-order valence-corrected chi connectivity index (χ0v) is 14.5. The first kappa shape index (κ1) is 16.7. The summed E-state index contributed by atoms with van der Waals surface area (Å²) in [7, 11) is 0. The molecular formula is C19H26N4O2. The maximum absolute atomic E-state index is 9.39. The lowest BCUT2D eigenvalue weighted by Crippen LogP contribution is -2.46. The number of hydrogen-bond acceptors (Lipinski definition) is 6. The molecule has 2 aliphatic rings. The fraction of sp³-hybridized carbons (Fsp3) is 0.579. The fourth-order valence-electron chi connectivity index (χ4n) is 4.04. The molecule has 1 saturated heterocycles. The van der Waals surface area contributed by atoms with Crippen molar-refractivity contribution in [2.45, 2.75) is 44.4 Å². The zero-order valence-electron chi connectivity index (χ0n) is 14.5. The molecule has 2 heterocycles. The van der Waals surface area contributed by atoms with Crippen molar-refractivity contribution in [3.63, 3.8) is 0 Å². The van der Waals surface area contributed by atoms with Gasteiger partial charge in [0.15, 0.2) is 0 Å². The maximum atomic E-state index is 9.39. The number of aliphatic hydroxyl groups is 1. The molecule has 0 atom stereocenters. The quantitative estimate of drug-likeness (QED) is 0.887. The van der Waals surface area contributed by atoms with Crippen molar-refractivity contribution in [3.05, 3.63) is 30.1 Å². The topological polar surface area (TPSA) is 70.5 Å². The van der Waals surface area contributed by atoms with E-state index in [1.54, 1.807) is 6.33 Å². The molecular weight excluding hydrogens is 316 g/mol. The van der Waals surface area contributed by atoms with Crippen LogP contribution < -0.4 is 5.32 Å². The second-order valence-electron chi connectivity index (χ2n) is 7.03. The van der Waals surface area contributed by atoms with Gasteiger partial charge < -0.3 is 15.2 Å². The highest BCUT2D eigenvalue weighted by Gasteiger charge is 2.27. The molecule has 1 aromatic carbocycles. The molecule has 1 aromatic heterocycles. The lowest BCUT2D eigenvalue weighted by molar-refractivity contribution is 0.00791. The molecule has 25 heavy (non-hydrogen) atoms. The number of nitrogens with one attached hydrogen (secondary N) is 1. The number of anilines is 1. The number of aromatic nitrogens is 2. The molecule has 1 aliphatic carbocycles. The van der Waals surface area contributed by atoms with Gasteiger partial charge in [0, 0.05) is 30.6 Å². The van der Waals surface area contributed by atoms with E-state index in [2.05, 4.69) is 20.2 Å². The van der Waals surface area contributed by atoms with E-state index >= 15 is 0 Å². The summed E-state index contributed by atoms with van der Waals surface area (Å²) in [6.45, 7) is 3.93. The van der Waals surface area contributed by atoms with Crippen molar-refractivity contribution in [2.75, 3.05) is 31.6 Å². The van der Waals surface area contributed by atoms with E-state index in [4.69, 9.17) is 4.74 Å². The van der Waals surface area contributed by atoms with Crippen molar-refractivity contribution in [2.24, 2.45) is 0 Å². The molecule has 0 amide bonds. The highest BCUT2D eigenvalue weighted by atomic mass is 16.5.